The molecule has 0 spiro atoms. The van der Waals surface area contributed by atoms with E-state index in [2.05, 4.69) is 5.32 Å². The largest absolute Gasteiger partial charge is 0.376 e. The summed E-state index contributed by atoms with van der Waals surface area (Å²) in [6, 6.07) is 5.08. The maximum atomic E-state index is 13.8. The van der Waals surface area contributed by atoms with Crippen LogP contribution < -0.4 is 10.2 Å². The van der Waals surface area contributed by atoms with Gasteiger partial charge < -0.3 is 15.0 Å². The fraction of sp³-hybridized carbons (Fsp3) is 0.533. The molecule has 0 aliphatic carbocycles. The lowest BCUT2D eigenvalue weighted by molar-refractivity contribution is -0.120. The first-order chi connectivity index (χ1) is 9.74. The van der Waals surface area contributed by atoms with Crippen molar-refractivity contribution in [3.05, 3.63) is 29.6 Å². The molecule has 1 atom stereocenters. The summed E-state index contributed by atoms with van der Waals surface area (Å²) in [6.07, 6.45) is 3.00. The molecule has 0 unspecified atom stereocenters. The summed E-state index contributed by atoms with van der Waals surface area (Å²) in [5.41, 5.74) is 1.57. The van der Waals surface area contributed by atoms with Crippen LogP contribution in [0.15, 0.2) is 18.2 Å². The minimum absolute atomic E-state index is 0.0726. The fourth-order valence-electron chi connectivity index (χ4n) is 2.90. The second kappa shape index (κ2) is 5.79. The first kappa shape index (κ1) is 13.4. The van der Waals surface area contributed by atoms with E-state index >= 15 is 0 Å². The number of anilines is 1. The molecule has 0 radical (unpaired) electrons. The van der Waals surface area contributed by atoms with E-state index in [0.717, 1.165) is 31.4 Å². The van der Waals surface area contributed by atoms with Gasteiger partial charge in [-0.2, -0.15) is 0 Å². The van der Waals surface area contributed by atoms with Crippen molar-refractivity contribution < 1.29 is 13.9 Å². The molecular formula is C15H19FN2O2. The highest BCUT2D eigenvalue weighted by atomic mass is 19.1. The van der Waals surface area contributed by atoms with E-state index in [1.165, 1.54) is 6.07 Å². The number of amides is 1. The van der Waals surface area contributed by atoms with Crippen molar-refractivity contribution in [1.82, 2.24) is 5.32 Å². The highest BCUT2D eigenvalue weighted by Crippen LogP contribution is 2.30. The molecule has 3 rings (SSSR count). The second-order valence-corrected chi connectivity index (χ2v) is 5.36. The van der Waals surface area contributed by atoms with Gasteiger partial charge >= 0.3 is 0 Å². The smallest absolute Gasteiger partial charge is 0.239 e. The van der Waals surface area contributed by atoms with Crippen molar-refractivity contribution in [2.45, 2.75) is 25.4 Å². The molecule has 2 heterocycles. The van der Waals surface area contributed by atoms with Crippen LogP contribution in [-0.4, -0.2) is 38.3 Å². The lowest BCUT2D eigenvalue weighted by Crippen LogP contribution is -2.39. The third-order valence-electron chi connectivity index (χ3n) is 3.92. The van der Waals surface area contributed by atoms with Gasteiger partial charge in [-0.05, 0) is 30.9 Å². The topological polar surface area (TPSA) is 41.6 Å². The summed E-state index contributed by atoms with van der Waals surface area (Å²) in [7, 11) is 0. The Morgan fingerprint density at radius 1 is 1.50 bits per heavy atom. The number of fused-ring (bicyclic) bond motifs is 1. The van der Waals surface area contributed by atoms with E-state index in [0.29, 0.717) is 18.8 Å². The minimum atomic E-state index is -0.244. The average molecular weight is 278 g/mol. The van der Waals surface area contributed by atoms with Gasteiger partial charge in [0.2, 0.25) is 5.91 Å². The lowest BCUT2D eigenvalue weighted by Gasteiger charge is -2.20. The number of halogens is 1. The van der Waals surface area contributed by atoms with Crippen molar-refractivity contribution in [2.75, 3.05) is 31.1 Å². The Hall–Kier alpha value is -1.62. The van der Waals surface area contributed by atoms with Crippen molar-refractivity contribution in [3.8, 4) is 0 Å². The number of nitrogens with zero attached hydrogens (tertiary/aromatic N) is 1. The highest BCUT2D eigenvalue weighted by molar-refractivity contribution is 5.82. The average Bonchev–Trinajstić information content (AvgIpc) is 3.07. The van der Waals surface area contributed by atoms with Crippen molar-refractivity contribution in [2.24, 2.45) is 0 Å². The van der Waals surface area contributed by atoms with Crippen molar-refractivity contribution >= 4 is 11.6 Å². The quantitative estimate of drug-likeness (QED) is 0.907. The number of benzene rings is 1. The molecule has 5 heteroatoms. The third kappa shape index (κ3) is 2.77. The van der Waals surface area contributed by atoms with Gasteiger partial charge in [0.05, 0.1) is 18.3 Å². The maximum Gasteiger partial charge on any atom is 0.239 e. The standard InChI is InChI=1S/C15H19FN2O2/c16-13-5-1-3-11-6-7-18(15(11)13)10-14(19)17-9-12-4-2-8-20-12/h1,3,5,12H,2,4,6-10H2,(H,17,19)/t12-/m0/s1. The zero-order chi connectivity index (χ0) is 13.9. The van der Waals surface area contributed by atoms with Gasteiger partial charge in [-0.15, -0.1) is 0 Å². The van der Waals surface area contributed by atoms with Crippen LogP contribution in [0.1, 0.15) is 18.4 Å². The molecule has 20 heavy (non-hydrogen) atoms. The Bertz CT molecular complexity index is 501. The van der Waals surface area contributed by atoms with Gasteiger partial charge in [0, 0.05) is 19.7 Å². The number of para-hydroxylation sites is 1. The first-order valence-electron chi connectivity index (χ1n) is 7.14. The Labute approximate surface area is 117 Å². The molecule has 1 N–H and O–H groups in total. The summed E-state index contributed by atoms with van der Waals surface area (Å²) in [5.74, 6) is -0.316. The van der Waals surface area contributed by atoms with Gasteiger partial charge in [-0.1, -0.05) is 12.1 Å². The van der Waals surface area contributed by atoms with E-state index in [9.17, 15) is 9.18 Å². The molecule has 0 aromatic heterocycles. The van der Waals surface area contributed by atoms with E-state index in [-0.39, 0.29) is 24.4 Å². The van der Waals surface area contributed by atoms with Crippen LogP contribution in [0.5, 0.6) is 0 Å². The number of ether oxygens (including phenoxy) is 1. The Balaban J connectivity index is 1.55. The van der Waals surface area contributed by atoms with Crippen LogP contribution in [0.2, 0.25) is 0 Å². The van der Waals surface area contributed by atoms with Crippen LogP contribution in [0.3, 0.4) is 0 Å². The molecule has 1 fully saturated rings. The molecule has 4 nitrogen and oxygen atoms in total. The molecule has 1 aromatic rings. The molecule has 2 aliphatic rings. The molecule has 1 aromatic carbocycles. The zero-order valence-corrected chi connectivity index (χ0v) is 11.4. The van der Waals surface area contributed by atoms with Gasteiger partial charge in [0.15, 0.2) is 0 Å². The lowest BCUT2D eigenvalue weighted by atomic mass is 10.1. The molecule has 2 aliphatic heterocycles. The number of hydrogen-bond acceptors (Lipinski definition) is 3. The van der Waals surface area contributed by atoms with Gasteiger partial charge in [0.25, 0.3) is 0 Å². The highest BCUT2D eigenvalue weighted by Gasteiger charge is 2.24. The van der Waals surface area contributed by atoms with E-state index in [4.69, 9.17) is 4.74 Å². The van der Waals surface area contributed by atoms with Gasteiger partial charge in [-0.3, -0.25) is 4.79 Å². The fourth-order valence-corrected chi connectivity index (χ4v) is 2.90. The van der Waals surface area contributed by atoms with Crippen LogP contribution >= 0.6 is 0 Å². The number of nitrogens with one attached hydrogen (secondary N) is 1. The minimum Gasteiger partial charge on any atom is -0.376 e. The van der Waals surface area contributed by atoms with Gasteiger partial charge in [-0.25, -0.2) is 4.39 Å². The molecule has 108 valence electrons. The van der Waals surface area contributed by atoms with Crippen LogP contribution in [0.4, 0.5) is 10.1 Å². The third-order valence-corrected chi connectivity index (χ3v) is 3.92. The number of carbonyl (C=O) groups is 1. The Morgan fingerprint density at radius 2 is 2.40 bits per heavy atom. The summed E-state index contributed by atoms with van der Waals surface area (Å²) in [6.45, 7) is 2.24. The van der Waals surface area contributed by atoms with Crippen LogP contribution in [0, 0.1) is 5.82 Å². The van der Waals surface area contributed by atoms with E-state index in [1.54, 1.807) is 6.07 Å². The molecule has 0 saturated carbocycles. The summed E-state index contributed by atoms with van der Waals surface area (Å²) >= 11 is 0. The van der Waals surface area contributed by atoms with E-state index < -0.39 is 0 Å². The molecule has 1 saturated heterocycles. The van der Waals surface area contributed by atoms with Crippen LogP contribution in [0.25, 0.3) is 0 Å². The van der Waals surface area contributed by atoms with Crippen molar-refractivity contribution in [3.63, 3.8) is 0 Å². The number of rotatable bonds is 4. The monoisotopic (exact) mass is 278 g/mol. The zero-order valence-electron chi connectivity index (χ0n) is 11.4. The van der Waals surface area contributed by atoms with Crippen molar-refractivity contribution in [1.29, 1.82) is 0 Å². The van der Waals surface area contributed by atoms with Crippen LogP contribution in [-0.2, 0) is 16.0 Å². The number of hydrogen-bond donors (Lipinski definition) is 1. The SMILES string of the molecule is O=C(CN1CCc2cccc(F)c21)NC[C@@H]1CCCO1. The predicted molar refractivity (Wildman–Crippen MR) is 74.3 cm³/mol. The normalized spacial score (nSPS) is 21.1. The molecular weight excluding hydrogens is 259 g/mol. The summed E-state index contributed by atoms with van der Waals surface area (Å²) in [5, 5.41) is 2.87. The Morgan fingerprint density at radius 3 is 3.20 bits per heavy atom. The summed E-state index contributed by atoms with van der Waals surface area (Å²) < 4.78 is 19.3. The number of carbonyl (C=O) groups excluding carboxylic acids is 1. The molecule has 0 bridgehead atoms. The second-order valence-electron chi connectivity index (χ2n) is 5.36. The van der Waals surface area contributed by atoms with E-state index in [1.807, 2.05) is 11.0 Å². The maximum absolute atomic E-state index is 13.8. The first-order valence-corrected chi connectivity index (χ1v) is 7.14. The molecule has 1 amide bonds. The predicted octanol–water partition coefficient (Wildman–Crippen LogP) is 1.48. The summed E-state index contributed by atoms with van der Waals surface area (Å²) in [4.78, 5) is 13.8. The van der Waals surface area contributed by atoms with Gasteiger partial charge in [0.1, 0.15) is 5.82 Å². The Kier molecular flexibility index (Phi) is 3.87.